The molecule has 0 bridgehead atoms. The standard InChI is InChI=1S/C40H72O12S/c1-3-5-7-9-11-13-14-15-16-17-18-19-20-21-23-25-27-29-36(42)50-34(32-48-30-28-26-24-22-12-10-8-6-4-2)33-49-40-38(44)39(52-53(45,46)47)37(43)35(31-41)51-40/h5,7,11,13,15-16,34-35,37-41,43-44H,3-4,6,8-10,12,14,17-33H2,1-2H3,(H,45,46,47)/b7-5-,13-11-,16-15-. The first kappa shape index (κ1) is 49.3. The molecular weight excluding hydrogens is 704 g/mol. The lowest BCUT2D eigenvalue weighted by Gasteiger charge is -2.41. The fourth-order valence-corrected chi connectivity index (χ4v) is 6.49. The number of carbonyl (C=O) groups is 1. The monoisotopic (exact) mass is 776 g/mol. The van der Waals surface area contributed by atoms with E-state index in [1.54, 1.807) is 0 Å². The molecule has 1 rings (SSSR count). The zero-order chi connectivity index (χ0) is 39.0. The molecule has 0 aromatic carbocycles. The average Bonchev–Trinajstić information content (AvgIpc) is 3.12. The summed E-state index contributed by atoms with van der Waals surface area (Å²) in [4.78, 5) is 12.8. The van der Waals surface area contributed by atoms with Crippen LogP contribution in [0.25, 0.3) is 0 Å². The zero-order valence-electron chi connectivity index (χ0n) is 32.6. The van der Waals surface area contributed by atoms with Gasteiger partial charge in [0.05, 0.1) is 19.8 Å². The number of allylic oxidation sites excluding steroid dienone is 6. The van der Waals surface area contributed by atoms with Crippen LogP contribution in [-0.4, -0.2) is 97.5 Å². The molecule has 0 aromatic rings. The van der Waals surface area contributed by atoms with Crippen molar-refractivity contribution < 1.29 is 56.2 Å². The molecule has 1 aliphatic rings. The normalized spacial score (nSPS) is 21.7. The number of ether oxygens (including phenoxy) is 4. The number of rotatable bonds is 34. The summed E-state index contributed by atoms with van der Waals surface area (Å²) >= 11 is 0. The molecule has 0 aromatic heterocycles. The first-order valence-corrected chi connectivity index (χ1v) is 21.6. The molecular formula is C40H72O12S. The fourth-order valence-electron chi connectivity index (χ4n) is 5.98. The lowest BCUT2D eigenvalue weighted by Crippen LogP contribution is -2.60. The number of esters is 1. The van der Waals surface area contributed by atoms with Crippen LogP contribution < -0.4 is 0 Å². The highest BCUT2D eigenvalue weighted by atomic mass is 32.3. The summed E-state index contributed by atoms with van der Waals surface area (Å²) in [5, 5.41) is 30.5. The highest BCUT2D eigenvalue weighted by molar-refractivity contribution is 7.80. The lowest BCUT2D eigenvalue weighted by molar-refractivity contribution is -0.301. The molecule has 4 N–H and O–H groups in total. The second kappa shape index (κ2) is 32.6. The Morgan fingerprint density at radius 3 is 1.91 bits per heavy atom. The molecule has 6 atom stereocenters. The van der Waals surface area contributed by atoms with E-state index in [9.17, 15) is 28.5 Å². The molecule has 0 radical (unpaired) electrons. The van der Waals surface area contributed by atoms with E-state index in [1.165, 1.54) is 51.4 Å². The first-order chi connectivity index (χ1) is 25.6. The molecule has 13 heteroatoms. The first-order valence-electron chi connectivity index (χ1n) is 20.2. The maximum absolute atomic E-state index is 12.8. The van der Waals surface area contributed by atoms with Crippen LogP contribution in [0.2, 0.25) is 0 Å². The predicted molar refractivity (Wildman–Crippen MR) is 207 cm³/mol. The Kier molecular flexibility index (Phi) is 30.3. The van der Waals surface area contributed by atoms with Crippen molar-refractivity contribution in [3.05, 3.63) is 36.5 Å². The molecule has 310 valence electrons. The third-order valence-electron chi connectivity index (χ3n) is 9.03. The van der Waals surface area contributed by atoms with E-state index in [0.29, 0.717) is 13.0 Å². The van der Waals surface area contributed by atoms with Gasteiger partial charge in [-0.05, 0) is 44.9 Å². The van der Waals surface area contributed by atoms with Gasteiger partial charge in [-0.25, -0.2) is 4.18 Å². The van der Waals surface area contributed by atoms with Crippen molar-refractivity contribution in [2.75, 3.05) is 26.4 Å². The number of aliphatic hydroxyl groups is 3. The van der Waals surface area contributed by atoms with E-state index < -0.39 is 59.8 Å². The van der Waals surface area contributed by atoms with Gasteiger partial charge in [0, 0.05) is 13.0 Å². The Bertz CT molecular complexity index is 1080. The van der Waals surface area contributed by atoms with Crippen LogP contribution in [0.3, 0.4) is 0 Å². The van der Waals surface area contributed by atoms with E-state index in [1.807, 2.05) is 0 Å². The minimum Gasteiger partial charge on any atom is -0.457 e. The van der Waals surface area contributed by atoms with Crippen molar-refractivity contribution in [3.63, 3.8) is 0 Å². The Morgan fingerprint density at radius 2 is 1.30 bits per heavy atom. The fraction of sp³-hybridized carbons (Fsp3) is 0.825. The largest absolute Gasteiger partial charge is 0.457 e. The SMILES string of the molecule is CC/C=C\C/C=C\C/C=C\CCCCCCCCCC(=O)OC(COCCCCCCCCCCC)COC1OC(CO)C(O)C(OS(=O)(=O)O)C1O. The summed E-state index contributed by atoms with van der Waals surface area (Å²) in [6.07, 6.45) is 26.2. The van der Waals surface area contributed by atoms with Crippen LogP contribution in [0, 0.1) is 0 Å². The number of hydrogen-bond donors (Lipinski definition) is 4. The van der Waals surface area contributed by atoms with Gasteiger partial charge in [0.15, 0.2) is 6.29 Å². The van der Waals surface area contributed by atoms with Crippen molar-refractivity contribution in [2.45, 2.75) is 185 Å². The van der Waals surface area contributed by atoms with Crippen LogP contribution in [0.4, 0.5) is 0 Å². The topological polar surface area (TPSA) is 178 Å². The van der Waals surface area contributed by atoms with E-state index in [0.717, 1.165) is 70.6 Å². The molecule has 1 fully saturated rings. The van der Waals surface area contributed by atoms with Crippen molar-refractivity contribution >= 4 is 16.4 Å². The summed E-state index contributed by atoms with van der Waals surface area (Å²) in [5.41, 5.74) is 0. The smallest absolute Gasteiger partial charge is 0.397 e. The molecule has 1 aliphatic heterocycles. The Labute approximate surface area is 320 Å². The second-order valence-electron chi connectivity index (χ2n) is 13.9. The maximum atomic E-state index is 12.8. The molecule has 1 heterocycles. The maximum Gasteiger partial charge on any atom is 0.397 e. The molecule has 0 aliphatic carbocycles. The Balaban J connectivity index is 2.46. The second-order valence-corrected chi connectivity index (χ2v) is 14.9. The van der Waals surface area contributed by atoms with Crippen molar-refractivity contribution in [3.8, 4) is 0 Å². The predicted octanol–water partition coefficient (Wildman–Crippen LogP) is 7.46. The van der Waals surface area contributed by atoms with Crippen LogP contribution in [0.5, 0.6) is 0 Å². The Morgan fingerprint density at radius 1 is 0.736 bits per heavy atom. The number of aliphatic hydroxyl groups excluding tert-OH is 3. The van der Waals surface area contributed by atoms with Crippen molar-refractivity contribution in [2.24, 2.45) is 0 Å². The van der Waals surface area contributed by atoms with Gasteiger partial charge in [0.1, 0.15) is 30.5 Å². The summed E-state index contributed by atoms with van der Waals surface area (Å²) < 4.78 is 58.8. The van der Waals surface area contributed by atoms with Gasteiger partial charge < -0.3 is 34.3 Å². The lowest BCUT2D eigenvalue weighted by atomic mass is 9.99. The van der Waals surface area contributed by atoms with Crippen molar-refractivity contribution in [1.82, 2.24) is 0 Å². The Hall–Kier alpha value is -1.68. The number of unbranched alkanes of at least 4 members (excludes halogenated alkanes) is 15. The van der Waals surface area contributed by atoms with E-state index in [-0.39, 0.29) is 19.6 Å². The summed E-state index contributed by atoms with van der Waals surface area (Å²) in [7, 11) is -5.06. The molecule has 0 spiro atoms. The van der Waals surface area contributed by atoms with Gasteiger partial charge in [0.2, 0.25) is 0 Å². The molecule has 0 amide bonds. The van der Waals surface area contributed by atoms with Gasteiger partial charge in [-0.1, -0.05) is 134 Å². The van der Waals surface area contributed by atoms with Crippen LogP contribution in [0.1, 0.15) is 149 Å². The molecule has 6 unspecified atom stereocenters. The van der Waals surface area contributed by atoms with Crippen LogP contribution in [0.15, 0.2) is 36.5 Å². The van der Waals surface area contributed by atoms with E-state index in [4.69, 9.17) is 23.5 Å². The zero-order valence-corrected chi connectivity index (χ0v) is 33.4. The number of hydrogen-bond acceptors (Lipinski definition) is 11. The minimum absolute atomic E-state index is 0.0328. The molecule has 0 saturated carbocycles. The third-order valence-corrected chi connectivity index (χ3v) is 9.49. The van der Waals surface area contributed by atoms with Gasteiger partial charge in [-0.2, -0.15) is 8.42 Å². The summed E-state index contributed by atoms with van der Waals surface area (Å²) in [6, 6.07) is 0. The van der Waals surface area contributed by atoms with Crippen LogP contribution in [-0.2, 0) is 38.3 Å². The summed E-state index contributed by atoms with van der Waals surface area (Å²) in [5.74, 6) is -0.411. The molecule has 53 heavy (non-hydrogen) atoms. The third kappa shape index (κ3) is 26.7. The van der Waals surface area contributed by atoms with Crippen molar-refractivity contribution in [1.29, 1.82) is 0 Å². The van der Waals surface area contributed by atoms with E-state index in [2.05, 4.69) is 54.5 Å². The van der Waals surface area contributed by atoms with Gasteiger partial charge in [-0.15, -0.1) is 0 Å². The minimum atomic E-state index is -5.06. The van der Waals surface area contributed by atoms with Gasteiger partial charge in [0.25, 0.3) is 0 Å². The average molecular weight is 777 g/mol. The highest BCUT2D eigenvalue weighted by Gasteiger charge is 2.48. The van der Waals surface area contributed by atoms with Gasteiger partial charge >= 0.3 is 16.4 Å². The number of carbonyl (C=O) groups excluding carboxylic acids is 1. The van der Waals surface area contributed by atoms with E-state index >= 15 is 0 Å². The summed E-state index contributed by atoms with van der Waals surface area (Å²) in [6.45, 7) is 3.83. The highest BCUT2D eigenvalue weighted by Crippen LogP contribution is 2.26. The molecule has 1 saturated heterocycles. The van der Waals surface area contributed by atoms with Gasteiger partial charge in [-0.3, -0.25) is 9.35 Å². The van der Waals surface area contributed by atoms with Crippen LogP contribution >= 0.6 is 0 Å². The molecule has 12 nitrogen and oxygen atoms in total. The quantitative estimate of drug-likeness (QED) is 0.0220.